The second-order valence-corrected chi connectivity index (χ2v) is 5.74. The lowest BCUT2D eigenvalue weighted by atomic mass is 10.1. The molecule has 0 aromatic rings. The molecule has 5 nitrogen and oxygen atoms in total. The van der Waals surface area contributed by atoms with Gasteiger partial charge in [-0.3, -0.25) is 4.90 Å². The van der Waals surface area contributed by atoms with E-state index in [2.05, 4.69) is 29.8 Å². The maximum atomic E-state index is 12.0. The SMILES string of the molecule is CC(S)N1CCC(NC(=O)N2CCOCC2)CC1. The Morgan fingerprint density at radius 3 is 2.44 bits per heavy atom. The number of carbonyl (C=O) groups excluding carboxylic acids is 1. The second kappa shape index (κ2) is 6.63. The van der Waals surface area contributed by atoms with E-state index < -0.39 is 0 Å². The Balaban J connectivity index is 1.72. The van der Waals surface area contributed by atoms with Crippen molar-refractivity contribution in [1.29, 1.82) is 0 Å². The first kappa shape index (κ1) is 14.0. The van der Waals surface area contributed by atoms with Crippen molar-refractivity contribution in [3.63, 3.8) is 0 Å². The van der Waals surface area contributed by atoms with E-state index in [1.165, 1.54) is 0 Å². The highest BCUT2D eigenvalue weighted by atomic mass is 32.1. The highest BCUT2D eigenvalue weighted by Crippen LogP contribution is 2.15. The first-order valence-corrected chi connectivity index (χ1v) is 7.24. The minimum absolute atomic E-state index is 0.0654. The normalized spacial score (nSPS) is 24.9. The molecule has 0 aromatic heterocycles. The van der Waals surface area contributed by atoms with Gasteiger partial charge in [0.15, 0.2) is 0 Å². The van der Waals surface area contributed by atoms with E-state index in [0.717, 1.165) is 25.9 Å². The molecule has 2 saturated heterocycles. The Bertz CT molecular complexity index is 274. The van der Waals surface area contributed by atoms with Crippen molar-refractivity contribution in [2.75, 3.05) is 39.4 Å². The zero-order valence-corrected chi connectivity index (χ0v) is 11.9. The first-order chi connectivity index (χ1) is 8.66. The number of hydrogen-bond acceptors (Lipinski definition) is 4. The average molecular weight is 273 g/mol. The van der Waals surface area contributed by atoms with Crippen molar-refractivity contribution < 1.29 is 9.53 Å². The summed E-state index contributed by atoms with van der Waals surface area (Å²) in [4.78, 5) is 16.2. The molecule has 2 heterocycles. The van der Waals surface area contributed by atoms with E-state index in [4.69, 9.17) is 4.74 Å². The van der Waals surface area contributed by atoms with Crippen LogP contribution in [0.2, 0.25) is 0 Å². The third-order valence-corrected chi connectivity index (χ3v) is 4.01. The number of ether oxygens (including phenoxy) is 1. The van der Waals surface area contributed by atoms with Crippen LogP contribution < -0.4 is 5.32 Å². The molecule has 0 radical (unpaired) electrons. The van der Waals surface area contributed by atoms with Crippen LogP contribution in [0, 0.1) is 0 Å². The summed E-state index contributed by atoms with van der Waals surface area (Å²) in [6, 6.07) is 0.374. The molecular formula is C12H23N3O2S. The van der Waals surface area contributed by atoms with Crippen LogP contribution in [-0.4, -0.2) is 66.6 Å². The third kappa shape index (κ3) is 3.76. The maximum absolute atomic E-state index is 12.0. The van der Waals surface area contributed by atoms with Gasteiger partial charge in [0.25, 0.3) is 0 Å². The highest BCUT2D eigenvalue weighted by Gasteiger charge is 2.24. The standard InChI is InChI=1S/C12H23N3O2S/c1-10(18)14-4-2-11(3-5-14)13-12(16)15-6-8-17-9-7-15/h10-11,18H,2-9H2,1H3,(H,13,16). The molecule has 1 unspecified atom stereocenters. The number of urea groups is 1. The molecule has 2 aliphatic rings. The number of amides is 2. The summed E-state index contributed by atoms with van der Waals surface area (Å²) in [7, 11) is 0. The predicted molar refractivity (Wildman–Crippen MR) is 74.0 cm³/mol. The van der Waals surface area contributed by atoms with Crippen LogP contribution in [0.1, 0.15) is 19.8 Å². The van der Waals surface area contributed by atoms with Crippen LogP contribution in [-0.2, 0) is 4.74 Å². The third-order valence-electron chi connectivity index (χ3n) is 3.68. The van der Waals surface area contributed by atoms with Crippen molar-refractivity contribution >= 4 is 18.7 Å². The van der Waals surface area contributed by atoms with Gasteiger partial charge in [-0.2, -0.15) is 12.6 Å². The molecule has 2 rings (SSSR count). The first-order valence-electron chi connectivity index (χ1n) is 6.72. The van der Waals surface area contributed by atoms with Gasteiger partial charge < -0.3 is 15.0 Å². The van der Waals surface area contributed by atoms with Crippen LogP contribution in [0.3, 0.4) is 0 Å². The topological polar surface area (TPSA) is 44.8 Å². The van der Waals surface area contributed by atoms with Gasteiger partial charge in [0.1, 0.15) is 0 Å². The van der Waals surface area contributed by atoms with Gasteiger partial charge in [-0.05, 0) is 19.8 Å². The quantitative estimate of drug-likeness (QED) is 0.731. The van der Waals surface area contributed by atoms with Gasteiger partial charge in [0, 0.05) is 37.6 Å². The lowest BCUT2D eigenvalue weighted by molar-refractivity contribution is 0.0516. The Labute approximate surface area is 114 Å². The minimum Gasteiger partial charge on any atom is -0.378 e. The van der Waals surface area contributed by atoms with Gasteiger partial charge in [-0.1, -0.05) is 0 Å². The number of rotatable bonds is 2. The number of nitrogens with zero attached hydrogens (tertiary/aromatic N) is 2. The fraction of sp³-hybridized carbons (Fsp3) is 0.917. The second-order valence-electron chi connectivity index (χ2n) is 4.99. The smallest absolute Gasteiger partial charge is 0.317 e. The maximum Gasteiger partial charge on any atom is 0.317 e. The largest absolute Gasteiger partial charge is 0.378 e. The van der Waals surface area contributed by atoms with Crippen molar-refractivity contribution in [2.45, 2.75) is 31.2 Å². The number of piperidine rings is 1. The zero-order valence-electron chi connectivity index (χ0n) is 11.0. The molecule has 0 spiro atoms. The van der Waals surface area contributed by atoms with Crippen LogP contribution in [0.15, 0.2) is 0 Å². The monoisotopic (exact) mass is 273 g/mol. The molecule has 2 amide bonds. The molecule has 18 heavy (non-hydrogen) atoms. The van der Waals surface area contributed by atoms with E-state index in [-0.39, 0.29) is 6.03 Å². The number of nitrogens with one attached hydrogen (secondary N) is 1. The van der Waals surface area contributed by atoms with Gasteiger partial charge in [0.2, 0.25) is 0 Å². The minimum atomic E-state index is 0.0654. The Morgan fingerprint density at radius 1 is 1.28 bits per heavy atom. The van der Waals surface area contributed by atoms with E-state index in [0.29, 0.717) is 37.7 Å². The van der Waals surface area contributed by atoms with E-state index in [9.17, 15) is 4.79 Å². The van der Waals surface area contributed by atoms with E-state index in [1.807, 2.05) is 4.90 Å². The van der Waals surface area contributed by atoms with E-state index in [1.54, 1.807) is 0 Å². The number of thiol groups is 1. The van der Waals surface area contributed by atoms with Crippen LogP contribution >= 0.6 is 12.6 Å². The number of morpholine rings is 1. The van der Waals surface area contributed by atoms with Gasteiger partial charge in [0.05, 0.1) is 13.2 Å². The van der Waals surface area contributed by atoms with Gasteiger partial charge >= 0.3 is 6.03 Å². The summed E-state index contributed by atoms with van der Waals surface area (Å²) in [6.45, 7) is 6.84. The molecule has 0 saturated carbocycles. The fourth-order valence-electron chi connectivity index (χ4n) is 2.45. The van der Waals surface area contributed by atoms with Crippen molar-refractivity contribution in [3.05, 3.63) is 0 Å². The van der Waals surface area contributed by atoms with Gasteiger partial charge in [-0.25, -0.2) is 4.79 Å². The van der Waals surface area contributed by atoms with E-state index >= 15 is 0 Å². The molecule has 0 aromatic carbocycles. The van der Waals surface area contributed by atoms with Gasteiger partial charge in [-0.15, -0.1) is 0 Å². The zero-order chi connectivity index (χ0) is 13.0. The molecule has 1 N–H and O–H groups in total. The van der Waals surface area contributed by atoms with Crippen LogP contribution in [0.4, 0.5) is 4.79 Å². The van der Waals surface area contributed by atoms with Crippen molar-refractivity contribution in [1.82, 2.24) is 15.1 Å². The summed E-state index contributed by atoms with van der Waals surface area (Å²) in [5, 5.41) is 3.43. The molecule has 6 heteroatoms. The molecule has 1 atom stereocenters. The summed E-state index contributed by atoms with van der Waals surface area (Å²) >= 11 is 4.44. The van der Waals surface area contributed by atoms with Crippen molar-refractivity contribution in [2.24, 2.45) is 0 Å². The molecule has 0 bridgehead atoms. The van der Waals surface area contributed by atoms with Crippen molar-refractivity contribution in [3.8, 4) is 0 Å². The Morgan fingerprint density at radius 2 is 1.89 bits per heavy atom. The summed E-state index contributed by atoms with van der Waals surface area (Å²) in [5.41, 5.74) is 0. The van der Waals surface area contributed by atoms with Crippen LogP contribution in [0.5, 0.6) is 0 Å². The average Bonchev–Trinajstić information content (AvgIpc) is 2.40. The summed E-state index contributed by atoms with van der Waals surface area (Å²) in [5.74, 6) is 0. The predicted octanol–water partition coefficient (Wildman–Crippen LogP) is 0.768. The lowest BCUT2D eigenvalue weighted by Gasteiger charge is -2.36. The fourth-order valence-corrected chi connectivity index (χ4v) is 2.68. The molecule has 2 fully saturated rings. The highest BCUT2D eigenvalue weighted by molar-refractivity contribution is 7.80. The number of hydrogen-bond donors (Lipinski definition) is 2. The molecule has 0 aliphatic carbocycles. The Kier molecular flexibility index (Phi) is 5.14. The summed E-state index contributed by atoms with van der Waals surface area (Å²) in [6.07, 6.45) is 2.03. The molecule has 104 valence electrons. The number of likely N-dealkylation sites (tertiary alicyclic amines) is 1. The molecular weight excluding hydrogens is 250 g/mol. The number of carbonyl (C=O) groups is 1. The van der Waals surface area contributed by atoms with Crippen LogP contribution in [0.25, 0.3) is 0 Å². The molecule has 2 aliphatic heterocycles. The summed E-state index contributed by atoms with van der Waals surface area (Å²) < 4.78 is 5.24. The Hall–Kier alpha value is -0.460. The lowest BCUT2D eigenvalue weighted by Crippen LogP contribution is -2.52.